The molecule has 0 spiro atoms. The second kappa shape index (κ2) is 5.51. The number of nitrogens with zero attached hydrogens (tertiary/aromatic N) is 3. The van der Waals surface area contributed by atoms with Crippen molar-refractivity contribution in [2.75, 3.05) is 6.61 Å². The highest BCUT2D eigenvalue weighted by Crippen LogP contribution is 2.11. The largest absolute Gasteiger partial charge is 0.464 e. The Morgan fingerprint density at radius 1 is 1.53 bits per heavy atom. The molecule has 0 aromatic carbocycles. The molecule has 6 nitrogen and oxygen atoms in total. The molecule has 6 heteroatoms. The number of esters is 1. The molecule has 0 atom stereocenters. The minimum absolute atomic E-state index is 0.155. The van der Waals surface area contributed by atoms with Gasteiger partial charge in [0.2, 0.25) is 0 Å². The van der Waals surface area contributed by atoms with Gasteiger partial charge in [-0.25, -0.2) is 9.48 Å². The SMILES string of the molecule is C=CCOC(=O)c1nnn(Cc2ccc(C)o2)c1C. The van der Waals surface area contributed by atoms with Crippen LogP contribution in [-0.2, 0) is 11.3 Å². The molecule has 0 saturated carbocycles. The van der Waals surface area contributed by atoms with Gasteiger partial charge in [-0.05, 0) is 26.0 Å². The molecule has 2 rings (SSSR count). The summed E-state index contributed by atoms with van der Waals surface area (Å²) in [6.45, 7) is 7.70. The zero-order valence-corrected chi connectivity index (χ0v) is 10.9. The maximum Gasteiger partial charge on any atom is 0.361 e. The quantitative estimate of drug-likeness (QED) is 0.607. The van der Waals surface area contributed by atoms with E-state index in [1.165, 1.54) is 6.08 Å². The lowest BCUT2D eigenvalue weighted by Crippen LogP contribution is -2.09. The number of carbonyl (C=O) groups is 1. The second-order valence-corrected chi connectivity index (χ2v) is 4.08. The zero-order chi connectivity index (χ0) is 13.8. The van der Waals surface area contributed by atoms with Crippen LogP contribution >= 0.6 is 0 Å². The molecule has 0 saturated heterocycles. The molecular weight excluding hydrogens is 246 g/mol. The number of ether oxygens (including phenoxy) is 1. The van der Waals surface area contributed by atoms with Crippen molar-refractivity contribution in [2.24, 2.45) is 0 Å². The van der Waals surface area contributed by atoms with Gasteiger partial charge in [-0.2, -0.15) is 0 Å². The van der Waals surface area contributed by atoms with Crippen molar-refractivity contribution in [1.82, 2.24) is 15.0 Å². The van der Waals surface area contributed by atoms with Gasteiger partial charge in [0.05, 0.1) is 5.69 Å². The molecule has 0 unspecified atom stereocenters. The van der Waals surface area contributed by atoms with Gasteiger partial charge in [-0.3, -0.25) is 0 Å². The predicted octanol–water partition coefficient (Wildman–Crippen LogP) is 1.88. The van der Waals surface area contributed by atoms with Gasteiger partial charge in [0.25, 0.3) is 0 Å². The Bertz CT molecular complexity index is 598. The third-order valence-corrected chi connectivity index (χ3v) is 2.61. The van der Waals surface area contributed by atoms with Gasteiger partial charge in [-0.1, -0.05) is 17.9 Å². The Morgan fingerprint density at radius 3 is 2.95 bits per heavy atom. The third kappa shape index (κ3) is 2.90. The Morgan fingerprint density at radius 2 is 2.32 bits per heavy atom. The summed E-state index contributed by atoms with van der Waals surface area (Å²) in [6.07, 6.45) is 1.50. The van der Waals surface area contributed by atoms with Crippen LogP contribution in [0, 0.1) is 13.8 Å². The van der Waals surface area contributed by atoms with Gasteiger partial charge in [0, 0.05) is 0 Å². The Hall–Kier alpha value is -2.37. The number of carbonyl (C=O) groups excluding carboxylic acids is 1. The summed E-state index contributed by atoms with van der Waals surface area (Å²) in [5, 5.41) is 7.76. The molecule has 0 aliphatic carbocycles. The van der Waals surface area contributed by atoms with Gasteiger partial charge in [-0.15, -0.1) is 5.10 Å². The molecular formula is C13H15N3O3. The lowest BCUT2D eigenvalue weighted by atomic mass is 10.3. The highest BCUT2D eigenvalue weighted by Gasteiger charge is 2.18. The summed E-state index contributed by atoms with van der Waals surface area (Å²) in [4.78, 5) is 11.7. The molecule has 100 valence electrons. The van der Waals surface area contributed by atoms with E-state index in [1.54, 1.807) is 11.6 Å². The third-order valence-electron chi connectivity index (χ3n) is 2.61. The number of hydrogen-bond acceptors (Lipinski definition) is 5. The van der Waals surface area contributed by atoms with Gasteiger partial charge in [0.1, 0.15) is 24.7 Å². The molecule has 2 aromatic rings. The number of hydrogen-bond donors (Lipinski definition) is 0. The molecule has 0 aliphatic heterocycles. The summed E-state index contributed by atoms with van der Waals surface area (Å²) >= 11 is 0. The average Bonchev–Trinajstić information content (AvgIpc) is 2.95. The first-order valence-electron chi connectivity index (χ1n) is 5.85. The van der Waals surface area contributed by atoms with Crippen LogP contribution in [0.25, 0.3) is 0 Å². The first-order valence-corrected chi connectivity index (χ1v) is 5.85. The monoisotopic (exact) mass is 261 g/mol. The number of furan rings is 1. The van der Waals surface area contributed by atoms with Gasteiger partial charge < -0.3 is 9.15 Å². The van der Waals surface area contributed by atoms with E-state index in [0.717, 1.165) is 11.5 Å². The number of aryl methyl sites for hydroxylation is 1. The predicted molar refractivity (Wildman–Crippen MR) is 67.8 cm³/mol. The number of rotatable bonds is 5. The van der Waals surface area contributed by atoms with Gasteiger partial charge in [0.15, 0.2) is 5.69 Å². The van der Waals surface area contributed by atoms with E-state index in [-0.39, 0.29) is 12.3 Å². The topological polar surface area (TPSA) is 70.2 Å². The minimum atomic E-state index is -0.501. The van der Waals surface area contributed by atoms with E-state index in [1.807, 2.05) is 19.1 Å². The fraction of sp³-hybridized carbons (Fsp3) is 0.308. The maximum absolute atomic E-state index is 11.7. The minimum Gasteiger partial charge on any atom is -0.464 e. The van der Waals surface area contributed by atoms with Crippen molar-refractivity contribution < 1.29 is 13.9 Å². The van der Waals surface area contributed by atoms with Crippen molar-refractivity contribution in [3.8, 4) is 0 Å². The van der Waals surface area contributed by atoms with Crippen molar-refractivity contribution in [1.29, 1.82) is 0 Å². The van der Waals surface area contributed by atoms with E-state index in [9.17, 15) is 4.79 Å². The summed E-state index contributed by atoms with van der Waals surface area (Å²) in [6, 6.07) is 3.74. The maximum atomic E-state index is 11.7. The molecule has 19 heavy (non-hydrogen) atoms. The van der Waals surface area contributed by atoms with E-state index >= 15 is 0 Å². The van der Waals surface area contributed by atoms with Crippen LogP contribution in [0.5, 0.6) is 0 Å². The first kappa shape index (κ1) is 13.1. The van der Waals surface area contributed by atoms with Crippen molar-refractivity contribution in [2.45, 2.75) is 20.4 Å². The molecule has 0 bridgehead atoms. The van der Waals surface area contributed by atoms with Gasteiger partial charge >= 0.3 is 5.97 Å². The average molecular weight is 261 g/mol. The normalized spacial score (nSPS) is 10.4. The summed E-state index contributed by atoms with van der Waals surface area (Å²) < 4.78 is 12.0. The van der Waals surface area contributed by atoms with Crippen LogP contribution in [-0.4, -0.2) is 27.6 Å². The Labute approximate surface area is 110 Å². The van der Waals surface area contributed by atoms with Crippen molar-refractivity contribution in [3.05, 3.63) is 47.7 Å². The van der Waals surface area contributed by atoms with E-state index < -0.39 is 5.97 Å². The highest BCUT2D eigenvalue weighted by atomic mass is 16.5. The van der Waals surface area contributed by atoms with Crippen LogP contribution in [0.4, 0.5) is 0 Å². The Kier molecular flexibility index (Phi) is 3.79. The molecule has 2 heterocycles. The van der Waals surface area contributed by atoms with Crippen LogP contribution in [0.3, 0.4) is 0 Å². The summed E-state index contributed by atoms with van der Waals surface area (Å²) in [5.41, 5.74) is 0.855. The summed E-state index contributed by atoms with van der Waals surface area (Å²) in [5.74, 6) is 1.09. The van der Waals surface area contributed by atoms with Crippen LogP contribution < -0.4 is 0 Å². The fourth-order valence-corrected chi connectivity index (χ4v) is 1.62. The van der Waals surface area contributed by atoms with Crippen molar-refractivity contribution in [3.63, 3.8) is 0 Å². The zero-order valence-electron chi connectivity index (χ0n) is 10.9. The Balaban J connectivity index is 2.13. The van der Waals surface area contributed by atoms with E-state index in [0.29, 0.717) is 12.2 Å². The lowest BCUT2D eigenvalue weighted by molar-refractivity contribution is 0.0542. The highest BCUT2D eigenvalue weighted by molar-refractivity contribution is 5.88. The standard InChI is InChI=1S/C13H15N3O3/c1-4-7-18-13(17)12-10(3)16(15-14-12)8-11-6-5-9(2)19-11/h4-6H,1,7-8H2,2-3H3. The summed E-state index contributed by atoms with van der Waals surface area (Å²) in [7, 11) is 0. The van der Waals surface area contributed by atoms with E-state index in [2.05, 4.69) is 16.9 Å². The first-order chi connectivity index (χ1) is 9.11. The molecule has 0 fully saturated rings. The number of aromatic nitrogens is 3. The van der Waals surface area contributed by atoms with Crippen LogP contribution in [0.2, 0.25) is 0 Å². The molecule has 2 aromatic heterocycles. The fourth-order valence-electron chi connectivity index (χ4n) is 1.62. The van der Waals surface area contributed by atoms with E-state index in [4.69, 9.17) is 9.15 Å². The van der Waals surface area contributed by atoms with Crippen LogP contribution in [0.15, 0.2) is 29.2 Å². The molecule has 0 aliphatic rings. The van der Waals surface area contributed by atoms with Crippen LogP contribution in [0.1, 0.15) is 27.7 Å². The smallest absolute Gasteiger partial charge is 0.361 e. The lowest BCUT2D eigenvalue weighted by Gasteiger charge is -2.01. The molecule has 0 radical (unpaired) electrons. The second-order valence-electron chi connectivity index (χ2n) is 4.08. The van der Waals surface area contributed by atoms with Crippen molar-refractivity contribution >= 4 is 5.97 Å². The molecule has 0 amide bonds. The molecule has 0 N–H and O–H groups in total.